The lowest BCUT2D eigenvalue weighted by Gasteiger charge is -2.20. The number of halogens is 8. The van der Waals surface area contributed by atoms with Crippen molar-refractivity contribution in [2.75, 3.05) is 0 Å². The predicted octanol–water partition coefficient (Wildman–Crippen LogP) is 5.09. The number of alkyl halides is 6. The minimum absolute atomic E-state index is 0. The van der Waals surface area contributed by atoms with Crippen LogP contribution in [0.25, 0.3) is 0 Å². The van der Waals surface area contributed by atoms with Gasteiger partial charge in [-0.3, -0.25) is 0 Å². The summed E-state index contributed by atoms with van der Waals surface area (Å²) < 4.78 is 89.4. The molecule has 0 amide bonds. The lowest BCUT2D eigenvalue weighted by atomic mass is 9.94. The minimum atomic E-state index is -5.11. The van der Waals surface area contributed by atoms with Crippen molar-refractivity contribution in [3.63, 3.8) is 0 Å². The van der Waals surface area contributed by atoms with Crippen LogP contribution in [-0.4, -0.2) is 0 Å². The Morgan fingerprint density at radius 3 is 1.95 bits per heavy atom. The van der Waals surface area contributed by atoms with Gasteiger partial charge in [-0.1, -0.05) is 13.3 Å². The molecule has 0 heterocycles. The van der Waals surface area contributed by atoms with Crippen molar-refractivity contribution in [1.82, 2.24) is 0 Å². The molecule has 1 aromatic rings. The van der Waals surface area contributed by atoms with Crippen LogP contribution in [0.15, 0.2) is 12.1 Å². The van der Waals surface area contributed by atoms with Crippen LogP contribution >= 0.6 is 12.4 Å². The maximum atomic E-state index is 13.7. The largest absolute Gasteiger partial charge is 0.416 e. The Bertz CT molecular complexity index is 482. The van der Waals surface area contributed by atoms with Crippen LogP contribution in [0, 0.1) is 5.82 Å². The van der Waals surface area contributed by atoms with Gasteiger partial charge in [-0.25, -0.2) is 4.39 Å². The maximum Gasteiger partial charge on any atom is 0.416 e. The van der Waals surface area contributed by atoms with E-state index in [9.17, 15) is 30.7 Å². The summed E-state index contributed by atoms with van der Waals surface area (Å²) in [7, 11) is 0. The second kappa shape index (κ2) is 6.83. The molecule has 0 spiro atoms. The molecular formula is C12H13ClF7N. The van der Waals surface area contributed by atoms with Crippen LogP contribution in [0.4, 0.5) is 30.7 Å². The number of benzene rings is 1. The summed E-state index contributed by atoms with van der Waals surface area (Å²) in [6.07, 6.45) is -9.76. The molecule has 0 aliphatic rings. The third-order valence-corrected chi connectivity index (χ3v) is 2.73. The van der Waals surface area contributed by atoms with Crippen molar-refractivity contribution in [1.29, 1.82) is 0 Å². The molecule has 2 N–H and O–H groups in total. The monoisotopic (exact) mass is 339 g/mol. The first-order valence-electron chi connectivity index (χ1n) is 5.71. The van der Waals surface area contributed by atoms with E-state index >= 15 is 0 Å². The van der Waals surface area contributed by atoms with E-state index in [-0.39, 0.29) is 31.0 Å². The summed E-state index contributed by atoms with van der Waals surface area (Å²) in [5, 5.41) is 0. The molecular weight excluding hydrogens is 327 g/mol. The fourth-order valence-electron chi connectivity index (χ4n) is 1.85. The zero-order valence-electron chi connectivity index (χ0n) is 10.8. The molecule has 0 saturated carbocycles. The highest BCUT2D eigenvalue weighted by molar-refractivity contribution is 5.85. The van der Waals surface area contributed by atoms with E-state index in [0.29, 0.717) is 6.42 Å². The molecule has 0 aromatic heterocycles. The van der Waals surface area contributed by atoms with Gasteiger partial charge in [-0.15, -0.1) is 12.4 Å². The van der Waals surface area contributed by atoms with E-state index in [2.05, 4.69) is 0 Å². The minimum Gasteiger partial charge on any atom is -0.324 e. The topological polar surface area (TPSA) is 26.0 Å². The summed E-state index contributed by atoms with van der Waals surface area (Å²) in [5.41, 5.74) is 1.16. The van der Waals surface area contributed by atoms with Crippen LogP contribution in [-0.2, 0) is 12.4 Å². The molecule has 0 unspecified atom stereocenters. The van der Waals surface area contributed by atoms with Gasteiger partial charge in [0.25, 0.3) is 0 Å². The molecule has 0 saturated heterocycles. The molecule has 21 heavy (non-hydrogen) atoms. The van der Waals surface area contributed by atoms with Crippen LogP contribution in [0.5, 0.6) is 0 Å². The van der Waals surface area contributed by atoms with Gasteiger partial charge < -0.3 is 5.73 Å². The number of hydrogen-bond acceptors (Lipinski definition) is 1. The average Bonchev–Trinajstić information content (AvgIpc) is 2.25. The van der Waals surface area contributed by atoms with Gasteiger partial charge in [0.1, 0.15) is 5.82 Å². The highest BCUT2D eigenvalue weighted by Gasteiger charge is 2.40. The van der Waals surface area contributed by atoms with Crippen molar-refractivity contribution >= 4 is 12.4 Å². The van der Waals surface area contributed by atoms with Gasteiger partial charge in [0, 0.05) is 11.6 Å². The smallest absolute Gasteiger partial charge is 0.324 e. The molecule has 1 atom stereocenters. The fraction of sp³-hybridized carbons (Fsp3) is 0.500. The molecule has 0 fully saturated rings. The maximum absolute atomic E-state index is 13.7. The van der Waals surface area contributed by atoms with Gasteiger partial charge in [0.05, 0.1) is 11.1 Å². The highest BCUT2D eigenvalue weighted by Crippen LogP contribution is 2.40. The summed E-state index contributed by atoms with van der Waals surface area (Å²) >= 11 is 0. The summed E-state index contributed by atoms with van der Waals surface area (Å²) in [5.74, 6) is -1.59. The van der Waals surface area contributed by atoms with E-state index < -0.39 is 40.9 Å². The van der Waals surface area contributed by atoms with Gasteiger partial charge in [-0.05, 0) is 18.6 Å². The van der Waals surface area contributed by atoms with Crippen molar-refractivity contribution in [3.05, 3.63) is 34.6 Å². The molecule has 0 radical (unpaired) electrons. The third-order valence-electron chi connectivity index (χ3n) is 2.73. The Morgan fingerprint density at radius 1 is 1.05 bits per heavy atom. The lowest BCUT2D eigenvalue weighted by molar-refractivity contribution is -0.144. The molecule has 1 nitrogen and oxygen atoms in total. The molecule has 9 heteroatoms. The molecule has 0 aliphatic carbocycles. The van der Waals surface area contributed by atoms with E-state index in [0.717, 1.165) is 0 Å². The Labute approximate surface area is 122 Å². The normalized spacial score (nSPS) is 13.8. The van der Waals surface area contributed by atoms with E-state index in [1.807, 2.05) is 0 Å². The Balaban J connectivity index is 0.00000400. The van der Waals surface area contributed by atoms with E-state index in [4.69, 9.17) is 5.73 Å². The zero-order chi connectivity index (χ0) is 15.7. The van der Waals surface area contributed by atoms with Crippen LogP contribution in [0.2, 0.25) is 0 Å². The molecule has 0 aliphatic heterocycles. The summed E-state index contributed by atoms with van der Waals surface area (Å²) in [4.78, 5) is 0. The summed E-state index contributed by atoms with van der Waals surface area (Å²) in [6, 6.07) is -1.37. The van der Waals surface area contributed by atoms with Gasteiger partial charge >= 0.3 is 12.4 Å². The standard InChI is InChI=1S/C12H12F7N.ClH/c1-2-3-9(20)10-7(12(17,18)19)4-6(5-8(10)13)11(14,15)16;/h4-5,9H,2-3,20H2,1H3;1H/t9-;/m0./s1. The molecule has 1 rings (SSSR count). The number of rotatable bonds is 3. The van der Waals surface area contributed by atoms with Crippen molar-refractivity contribution in [3.8, 4) is 0 Å². The van der Waals surface area contributed by atoms with Crippen molar-refractivity contribution in [2.24, 2.45) is 5.73 Å². The first kappa shape index (κ1) is 20.0. The molecule has 122 valence electrons. The highest BCUT2D eigenvalue weighted by atomic mass is 35.5. The van der Waals surface area contributed by atoms with E-state index in [1.165, 1.54) is 0 Å². The van der Waals surface area contributed by atoms with Gasteiger partial charge in [0.15, 0.2) is 0 Å². The predicted molar refractivity (Wildman–Crippen MR) is 65.5 cm³/mol. The zero-order valence-corrected chi connectivity index (χ0v) is 11.6. The van der Waals surface area contributed by atoms with E-state index in [1.54, 1.807) is 6.92 Å². The van der Waals surface area contributed by atoms with Gasteiger partial charge in [0.2, 0.25) is 0 Å². The third kappa shape index (κ3) is 4.74. The number of hydrogen-bond donors (Lipinski definition) is 1. The van der Waals surface area contributed by atoms with Crippen LogP contribution in [0.3, 0.4) is 0 Å². The Morgan fingerprint density at radius 2 is 1.57 bits per heavy atom. The first-order chi connectivity index (χ1) is 8.98. The first-order valence-corrected chi connectivity index (χ1v) is 5.71. The molecule has 0 bridgehead atoms. The number of nitrogens with two attached hydrogens (primary N) is 1. The SMILES string of the molecule is CCC[C@H](N)c1c(F)cc(C(F)(F)F)cc1C(F)(F)F.Cl. The quantitative estimate of drug-likeness (QED) is 0.763. The van der Waals surface area contributed by atoms with Crippen molar-refractivity contribution in [2.45, 2.75) is 38.2 Å². The average molecular weight is 340 g/mol. The van der Waals surface area contributed by atoms with Gasteiger partial charge in [-0.2, -0.15) is 26.3 Å². The van der Waals surface area contributed by atoms with Crippen molar-refractivity contribution < 1.29 is 30.7 Å². The lowest BCUT2D eigenvalue weighted by Crippen LogP contribution is -2.21. The Hall–Kier alpha value is -1.02. The Kier molecular flexibility index (Phi) is 6.50. The fourth-order valence-corrected chi connectivity index (χ4v) is 1.85. The second-order valence-corrected chi connectivity index (χ2v) is 4.31. The summed E-state index contributed by atoms with van der Waals surface area (Å²) in [6.45, 7) is 1.62. The second-order valence-electron chi connectivity index (χ2n) is 4.31. The molecule has 1 aromatic carbocycles. The van der Waals surface area contributed by atoms with Crippen LogP contribution in [0.1, 0.15) is 42.5 Å². The van der Waals surface area contributed by atoms with Crippen LogP contribution < -0.4 is 5.73 Å².